The Kier molecular flexibility index (Phi) is 4.54. The molecule has 21 heavy (non-hydrogen) atoms. The van der Waals surface area contributed by atoms with Crippen LogP contribution in [0.25, 0.3) is 11.1 Å². The van der Waals surface area contributed by atoms with Crippen molar-refractivity contribution in [2.24, 2.45) is 0 Å². The van der Waals surface area contributed by atoms with E-state index in [1.807, 2.05) is 18.2 Å². The van der Waals surface area contributed by atoms with Crippen molar-refractivity contribution in [2.75, 3.05) is 0 Å². The van der Waals surface area contributed by atoms with E-state index in [0.29, 0.717) is 31.9 Å². The number of hydrogen-bond donors (Lipinski definition) is 0. The molecular formula is C17H16AsCl2O. The average molecular weight is 382 g/mol. The molecule has 2 aromatic rings. The van der Waals surface area contributed by atoms with Crippen LogP contribution < -0.4 is 4.74 Å². The molecule has 0 fully saturated rings. The molecule has 1 aliphatic heterocycles. The normalized spacial score (nSPS) is 17.2. The minimum absolute atomic E-state index is 0.323. The third kappa shape index (κ3) is 3.11. The van der Waals surface area contributed by atoms with Crippen molar-refractivity contribution in [1.82, 2.24) is 0 Å². The molecular weight excluding hydrogens is 366 g/mol. The molecule has 1 aliphatic rings. The van der Waals surface area contributed by atoms with Crippen molar-refractivity contribution in [3.05, 3.63) is 51.5 Å². The molecule has 0 N–H and O–H groups in total. The number of fused-ring (bicyclic) bond motifs is 1. The number of hydrogen-bond acceptors (Lipinski definition) is 1. The van der Waals surface area contributed by atoms with E-state index in [2.05, 4.69) is 24.8 Å². The zero-order valence-electron chi connectivity index (χ0n) is 12.0. The van der Waals surface area contributed by atoms with Gasteiger partial charge in [-0.15, -0.1) is 0 Å². The second kappa shape index (κ2) is 6.24. The molecule has 0 aromatic heterocycles. The van der Waals surface area contributed by atoms with Gasteiger partial charge in [-0.3, -0.25) is 0 Å². The molecule has 1 radical (unpaired) electrons. The van der Waals surface area contributed by atoms with Crippen LogP contribution in [0.5, 0.6) is 5.75 Å². The van der Waals surface area contributed by atoms with Gasteiger partial charge < -0.3 is 0 Å². The number of ether oxygens (including phenoxy) is 1. The molecule has 0 saturated heterocycles. The third-order valence-electron chi connectivity index (χ3n) is 3.65. The molecule has 0 amide bonds. The van der Waals surface area contributed by atoms with Gasteiger partial charge in [-0.2, -0.15) is 0 Å². The fraction of sp³-hybridized carbons (Fsp3) is 0.294. The van der Waals surface area contributed by atoms with Crippen molar-refractivity contribution in [3.63, 3.8) is 0 Å². The molecule has 3 rings (SSSR count). The molecule has 0 aliphatic carbocycles. The fourth-order valence-corrected chi connectivity index (χ4v) is 4.48. The van der Waals surface area contributed by atoms with Crippen LogP contribution in [0.4, 0.5) is 0 Å². The van der Waals surface area contributed by atoms with Crippen LogP contribution in [0.1, 0.15) is 11.1 Å². The molecule has 0 saturated carbocycles. The summed E-state index contributed by atoms with van der Waals surface area (Å²) in [7, 11) is 0. The van der Waals surface area contributed by atoms with Gasteiger partial charge >= 0.3 is 142 Å². The maximum absolute atomic E-state index is 6.37. The Bertz CT molecular complexity index is 685. The Morgan fingerprint density at radius 1 is 1.19 bits per heavy atom. The maximum atomic E-state index is 6.37. The van der Waals surface area contributed by atoms with Gasteiger partial charge in [0.25, 0.3) is 0 Å². The first-order valence-electron chi connectivity index (χ1n) is 6.89. The number of halogens is 2. The topological polar surface area (TPSA) is 9.23 Å². The summed E-state index contributed by atoms with van der Waals surface area (Å²) in [5.41, 5.74) is 6.82. The van der Waals surface area contributed by atoms with Crippen LogP contribution in [-0.4, -0.2) is 21.9 Å². The standard InChI is InChI=1S/C17H16AsCl2O/c1-10-5-11-7-13(9-18-2)21-17(11)15(6-10)14-8-12(19)3-4-16(14)20/h3-6,8,13H,7,9H2,1-2H3. The van der Waals surface area contributed by atoms with E-state index in [-0.39, 0.29) is 0 Å². The number of benzene rings is 2. The van der Waals surface area contributed by atoms with E-state index >= 15 is 0 Å². The van der Waals surface area contributed by atoms with E-state index in [4.69, 9.17) is 27.9 Å². The van der Waals surface area contributed by atoms with Gasteiger partial charge in [-0.05, 0) is 0 Å². The first-order chi connectivity index (χ1) is 10.1. The molecule has 1 heterocycles. The number of rotatable bonds is 3. The average Bonchev–Trinajstić information content (AvgIpc) is 2.83. The zero-order chi connectivity index (χ0) is 15.0. The molecule has 109 valence electrons. The Morgan fingerprint density at radius 3 is 2.76 bits per heavy atom. The second-order valence-electron chi connectivity index (χ2n) is 5.37. The molecule has 4 heteroatoms. The van der Waals surface area contributed by atoms with Gasteiger partial charge in [0.05, 0.1) is 0 Å². The summed E-state index contributed by atoms with van der Waals surface area (Å²) in [5, 5.41) is 2.58. The summed E-state index contributed by atoms with van der Waals surface area (Å²) < 4.78 is 6.20. The monoisotopic (exact) mass is 381 g/mol. The van der Waals surface area contributed by atoms with Gasteiger partial charge in [0, 0.05) is 0 Å². The Morgan fingerprint density at radius 2 is 2.00 bits per heavy atom. The first-order valence-corrected chi connectivity index (χ1v) is 10.9. The van der Waals surface area contributed by atoms with Gasteiger partial charge in [0.1, 0.15) is 0 Å². The van der Waals surface area contributed by atoms with E-state index in [1.54, 1.807) is 0 Å². The van der Waals surface area contributed by atoms with Gasteiger partial charge in [0.15, 0.2) is 0 Å². The Labute approximate surface area is 142 Å². The van der Waals surface area contributed by atoms with Crippen molar-refractivity contribution >= 4 is 39.0 Å². The zero-order valence-corrected chi connectivity index (χ0v) is 15.4. The Hall–Kier alpha value is -0.622. The fourth-order valence-electron chi connectivity index (χ4n) is 2.80. The van der Waals surface area contributed by atoms with Crippen LogP contribution in [0, 0.1) is 6.92 Å². The van der Waals surface area contributed by atoms with Crippen molar-refractivity contribution in [2.45, 2.75) is 30.4 Å². The predicted molar refractivity (Wildman–Crippen MR) is 91.2 cm³/mol. The summed E-state index contributed by atoms with van der Waals surface area (Å²) in [6, 6.07) is 9.94. The van der Waals surface area contributed by atoms with Gasteiger partial charge in [0.2, 0.25) is 0 Å². The van der Waals surface area contributed by atoms with Gasteiger partial charge in [-0.1, -0.05) is 0 Å². The summed E-state index contributed by atoms with van der Waals surface area (Å²) in [6.45, 7) is 2.11. The van der Waals surface area contributed by atoms with Crippen molar-refractivity contribution < 1.29 is 4.74 Å². The Balaban J connectivity index is 2.11. The molecule has 0 spiro atoms. The van der Waals surface area contributed by atoms with Crippen molar-refractivity contribution in [3.8, 4) is 16.9 Å². The summed E-state index contributed by atoms with van der Waals surface area (Å²) >= 11 is 12.9. The van der Waals surface area contributed by atoms with E-state index in [9.17, 15) is 0 Å². The summed E-state index contributed by atoms with van der Waals surface area (Å²) in [4.78, 5) is 0. The molecule has 0 bridgehead atoms. The first kappa shape index (κ1) is 15.3. The molecule has 1 atom stereocenters. The van der Waals surface area contributed by atoms with E-state index < -0.39 is 0 Å². The predicted octanol–water partition coefficient (Wildman–Crippen LogP) is 5.44. The number of aryl methyl sites for hydroxylation is 1. The van der Waals surface area contributed by atoms with Gasteiger partial charge in [-0.25, -0.2) is 0 Å². The van der Waals surface area contributed by atoms with Crippen LogP contribution in [0.15, 0.2) is 30.3 Å². The third-order valence-corrected chi connectivity index (χ3v) is 5.83. The minimum atomic E-state index is 0.323. The molecule has 2 aromatic carbocycles. The van der Waals surface area contributed by atoms with Crippen LogP contribution in [-0.2, 0) is 6.42 Å². The summed E-state index contributed by atoms with van der Waals surface area (Å²) in [5.74, 6) is 0.990. The van der Waals surface area contributed by atoms with E-state index in [0.717, 1.165) is 23.3 Å². The second-order valence-corrected chi connectivity index (χ2v) is 8.30. The SMILES string of the molecule is C[As]CC1Cc2cc(C)cc(-c3cc(Cl)ccc3Cl)c2O1. The summed E-state index contributed by atoms with van der Waals surface area (Å²) in [6.07, 6.45) is 1.33. The van der Waals surface area contributed by atoms with Crippen molar-refractivity contribution in [1.29, 1.82) is 0 Å². The molecule has 1 nitrogen and oxygen atoms in total. The van der Waals surface area contributed by atoms with Crippen LogP contribution >= 0.6 is 23.2 Å². The van der Waals surface area contributed by atoms with E-state index in [1.165, 1.54) is 16.3 Å². The molecule has 1 unspecified atom stereocenters. The van der Waals surface area contributed by atoms with Crippen LogP contribution in [0.2, 0.25) is 21.0 Å². The quantitative estimate of drug-likeness (QED) is 0.643. The van der Waals surface area contributed by atoms with Crippen LogP contribution in [0.3, 0.4) is 0 Å².